The maximum Gasteiger partial charge on any atom is 0.194 e. The van der Waals surface area contributed by atoms with Gasteiger partial charge in [0.25, 0.3) is 0 Å². The van der Waals surface area contributed by atoms with Crippen LogP contribution in [-0.4, -0.2) is 50.6 Å². The van der Waals surface area contributed by atoms with E-state index >= 15 is 0 Å². The lowest BCUT2D eigenvalue weighted by atomic mass is 10.2. The molecule has 0 aromatic heterocycles. The van der Waals surface area contributed by atoms with Crippen LogP contribution in [0.2, 0.25) is 0 Å². The Hall–Kier alpha value is -2.04. The number of rotatable bonds is 3. The van der Waals surface area contributed by atoms with E-state index < -0.39 is 0 Å². The topological polar surface area (TPSA) is 30.9 Å². The minimum Gasteiger partial charge on any atom is -0.368 e. The van der Waals surface area contributed by atoms with Crippen LogP contribution in [0, 0.1) is 5.82 Å². The fourth-order valence-corrected chi connectivity index (χ4v) is 2.32. The molecular weight excluding hydrogens is 255 g/mol. The standard InChI is InChI=1S/C15H21FN4/c1-3-8-18-15(17-2)20-11-9-19(10-12-20)14-6-4-13(16)5-7-14/h3-7H,1,8-12H2,2H3,(H,17,18). The number of nitrogens with one attached hydrogen (secondary N) is 1. The van der Waals surface area contributed by atoms with Crippen LogP contribution in [0.5, 0.6) is 0 Å². The summed E-state index contributed by atoms with van der Waals surface area (Å²) in [7, 11) is 1.79. The summed E-state index contributed by atoms with van der Waals surface area (Å²) in [6, 6.07) is 6.67. The third-order valence-electron chi connectivity index (χ3n) is 3.39. The van der Waals surface area contributed by atoms with Crippen LogP contribution in [0.3, 0.4) is 0 Å². The van der Waals surface area contributed by atoms with Crippen molar-refractivity contribution in [2.24, 2.45) is 4.99 Å². The van der Waals surface area contributed by atoms with E-state index in [0.29, 0.717) is 6.54 Å². The molecule has 1 N–H and O–H groups in total. The lowest BCUT2D eigenvalue weighted by Gasteiger charge is -2.37. The molecule has 1 aliphatic rings. The molecule has 5 heteroatoms. The van der Waals surface area contributed by atoms with Gasteiger partial charge in [-0.1, -0.05) is 6.08 Å². The third kappa shape index (κ3) is 3.50. The smallest absolute Gasteiger partial charge is 0.194 e. The maximum atomic E-state index is 12.9. The molecule has 108 valence electrons. The molecule has 1 fully saturated rings. The number of hydrogen-bond acceptors (Lipinski definition) is 2. The zero-order valence-electron chi connectivity index (χ0n) is 11.8. The molecule has 0 spiro atoms. The van der Waals surface area contributed by atoms with Crippen LogP contribution in [0.25, 0.3) is 0 Å². The second-order valence-corrected chi connectivity index (χ2v) is 4.67. The van der Waals surface area contributed by atoms with Gasteiger partial charge in [-0.15, -0.1) is 6.58 Å². The number of nitrogens with zero attached hydrogens (tertiary/aromatic N) is 3. The van der Waals surface area contributed by atoms with Crippen molar-refractivity contribution in [3.63, 3.8) is 0 Å². The van der Waals surface area contributed by atoms with Crippen molar-refractivity contribution in [3.8, 4) is 0 Å². The summed E-state index contributed by atoms with van der Waals surface area (Å²) in [5.41, 5.74) is 1.07. The molecule has 1 heterocycles. The monoisotopic (exact) mass is 276 g/mol. The predicted octanol–water partition coefficient (Wildman–Crippen LogP) is 1.71. The number of guanidine groups is 1. The first kappa shape index (κ1) is 14.4. The largest absolute Gasteiger partial charge is 0.368 e. The second kappa shape index (κ2) is 6.93. The molecule has 1 aromatic carbocycles. The normalized spacial score (nSPS) is 16.2. The fourth-order valence-electron chi connectivity index (χ4n) is 2.32. The molecule has 0 unspecified atom stereocenters. The van der Waals surface area contributed by atoms with E-state index in [1.54, 1.807) is 7.05 Å². The van der Waals surface area contributed by atoms with Gasteiger partial charge in [0.2, 0.25) is 0 Å². The quantitative estimate of drug-likeness (QED) is 0.518. The molecule has 0 bridgehead atoms. The molecule has 4 nitrogen and oxygen atoms in total. The Labute approximate surface area is 119 Å². The number of halogens is 1. The predicted molar refractivity (Wildman–Crippen MR) is 81.7 cm³/mol. The number of piperazine rings is 1. The first-order chi connectivity index (χ1) is 9.74. The second-order valence-electron chi connectivity index (χ2n) is 4.67. The molecule has 2 rings (SSSR count). The van der Waals surface area contributed by atoms with E-state index in [-0.39, 0.29) is 5.82 Å². The Morgan fingerprint density at radius 2 is 1.95 bits per heavy atom. The molecule has 1 saturated heterocycles. The number of aliphatic imine (C=N–C) groups is 1. The highest BCUT2D eigenvalue weighted by molar-refractivity contribution is 5.80. The Morgan fingerprint density at radius 1 is 1.30 bits per heavy atom. The average molecular weight is 276 g/mol. The number of anilines is 1. The molecule has 1 aliphatic heterocycles. The summed E-state index contributed by atoms with van der Waals surface area (Å²) in [6.45, 7) is 8.01. The highest BCUT2D eigenvalue weighted by Gasteiger charge is 2.19. The van der Waals surface area contributed by atoms with Gasteiger partial charge in [0.05, 0.1) is 0 Å². The highest BCUT2D eigenvalue weighted by Crippen LogP contribution is 2.16. The fraction of sp³-hybridized carbons (Fsp3) is 0.400. The van der Waals surface area contributed by atoms with Crippen molar-refractivity contribution in [1.82, 2.24) is 10.2 Å². The Bertz CT molecular complexity index is 461. The van der Waals surface area contributed by atoms with Crippen molar-refractivity contribution in [2.75, 3.05) is 44.7 Å². The van der Waals surface area contributed by atoms with Crippen molar-refractivity contribution < 1.29 is 4.39 Å². The maximum absolute atomic E-state index is 12.9. The van der Waals surface area contributed by atoms with Gasteiger partial charge in [0.1, 0.15) is 5.82 Å². The summed E-state index contributed by atoms with van der Waals surface area (Å²) in [5, 5.41) is 3.24. The van der Waals surface area contributed by atoms with E-state index in [0.717, 1.165) is 37.8 Å². The van der Waals surface area contributed by atoms with Crippen LogP contribution in [0.1, 0.15) is 0 Å². The SMILES string of the molecule is C=CCNC(=NC)N1CCN(c2ccc(F)cc2)CC1. The van der Waals surface area contributed by atoms with Crippen molar-refractivity contribution in [3.05, 3.63) is 42.7 Å². The molecule has 0 radical (unpaired) electrons. The van der Waals surface area contributed by atoms with E-state index in [4.69, 9.17) is 0 Å². The number of benzene rings is 1. The van der Waals surface area contributed by atoms with Gasteiger partial charge in [-0.25, -0.2) is 4.39 Å². The van der Waals surface area contributed by atoms with Gasteiger partial charge in [-0.05, 0) is 24.3 Å². The van der Waals surface area contributed by atoms with Crippen LogP contribution in [0.4, 0.5) is 10.1 Å². The van der Waals surface area contributed by atoms with Crippen molar-refractivity contribution in [2.45, 2.75) is 0 Å². The van der Waals surface area contributed by atoms with Gasteiger partial charge in [-0.2, -0.15) is 0 Å². The van der Waals surface area contributed by atoms with Gasteiger partial charge in [-0.3, -0.25) is 4.99 Å². The summed E-state index contributed by atoms with van der Waals surface area (Å²) in [4.78, 5) is 8.76. The molecule has 0 aliphatic carbocycles. The molecular formula is C15H21FN4. The number of hydrogen-bond donors (Lipinski definition) is 1. The van der Waals surface area contributed by atoms with Gasteiger partial charge in [0, 0.05) is 45.5 Å². The first-order valence-electron chi connectivity index (χ1n) is 6.81. The van der Waals surface area contributed by atoms with Gasteiger partial charge in [0.15, 0.2) is 5.96 Å². The summed E-state index contributed by atoms with van der Waals surface area (Å²) < 4.78 is 12.9. The van der Waals surface area contributed by atoms with Gasteiger partial charge < -0.3 is 15.1 Å². The van der Waals surface area contributed by atoms with Crippen LogP contribution >= 0.6 is 0 Å². The van der Waals surface area contributed by atoms with Crippen LogP contribution < -0.4 is 10.2 Å². The van der Waals surface area contributed by atoms with Crippen LogP contribution in [0.15, 0.2) is 41.9 Å². The van der Waals surface area contributed by atoms with E-state index in [2.05, 4.69) is 26.7 Å². The minimum absolute atomic E-state index is 0.193. The summed E-state index contributed by atoms with van der Waals surface area (Å²) >= 11 is 0. The molecule has 20 heavy (non-hydrogen) atoms. The van der Waals surface area contributed by atoms with E-state index in [1.807, 2.05) is 18.2 Å². The molecule has 0 saturated carbocycles. The Morgan fingerprint density at radius 3 is 2.50 bits per heavy atom. The zero-order chi connectivity index (χ0) is 14.4. The first-order valence-corrected chi connectivity index (χ1v) is 6.81. The molecule has 1 aromatic rings. The van der Waals surface area contributed by atoms with Crippen LogP contribution in [-0.2, 0) is 0 Å². The zero-order valence-corrected chi connectivity index (χ0v) is 11.8. The van der Waals surface area contributed by atoms with Crippen molar-refractivity contribution >= 4 is 11.6 Å². The molecule has 0 atom stereocenters. The van der Waals surface area contributed by atoms with E-state index in [9.17, 15) is 4.39 Å². The van der Waals surface area contributed by atoms with E-state index in [1.165, 1.54) is 12.1 Å². The molecule has 0 amide bonds. The summed E-state index contributed by atoms with van der Waals surface area (Å²) in [5.74, 6) is 0.713. The lowest BCUT2D eigenvalue weighted by Crippen LogP contribution is -2.52. The van der Waals surface area contributed by atoms with Gasteiger partial charge >= 0.3 is 0 Å². The lowest BCUT2D eigenvalue weighted by molar-refractivity contribution is 0.374. The highest BCUT2D eigenvalue weighted by atomic mass is 19.1. The average Bonchev–Trinajstić information content (AvgIpc) is 2.49. The third-order valence-corrected chi connectivity index (χ3v) is 3.39. The summed E-state index contributed by atoms with van der Waals surface area (Å²) in [6.07, 6.45) is 1.82. The minimum atomic E-state index is -0.193. The van der Waals surface area contributed by atoms with Crippen molar-refractivity contribution in [1.29, 1.82) is 0 Å². The Kier molecular flexibility index (Phi) is 4.98. The Balaban J connectivity index is 1.91.